The Kier molecular flexibility index (Phi) is 26.2. The lowest BCUT2D eigenvalue weighted by molar-refractivity contribution is -0.118. The molecule has 6 heterocycles. The van der Waals surface area contributed by atoms with Gasteiger partial charge in [-0.05, 0) is 117 Å². The van der Waals surface area contributed by atoms with Crippen LogP contribution in [0.1, 0.15) is 92.6 Å². The van der Waals surface area contributed by atoms with E-state index in [1.54, 1.807) is 84.9 Å². The number of pyridine rings is 2. The Morgan fingerprint density at radius 2 is 0.979 bits per heavy atom. The van der Waals surface area contributed by atoms with Crippen molar-refractivity contribution in [1.29, 1.82) is 0 Å². The molecule has 10 rings (SSSR count). The molecule has 4 aromatic carbocycles. The minimum atomic E-state index is -0.625. The predicted molar refractivity (Wildman–Crippen MR) is 363 cm³/mol. The topological polar surface area (TPSA) is 209 Å². The lowest BCUT2D eigenvalue weighted by atomic mass is 10.1. The Morgan fingerprint density at radius 1 is 0.526 bits per heavy atom. The molecule has 95 heavy (non-hydrogen) atoms. The highest BCUT2D eigenvalue weighted by Gasteiger charge is 2.24. The third kappa shape index (κ3) is 22.0. The fourth-order valence-electron chi connectivity index (χ4n) is 9.80. The number of ether oxygens (including phenoxy) is 7. The number of ketones is 2. The first-order valence-electron chi connectivity index (χ1n) is 31.7. The average molecular weight is 1340 g/mol. The van der Waals surface area contributed by atoms with Crippen molar-refractivity contribution in [2.45, 2.75) is 106 Å². The summed E-state index contributed by atoms with van der Waals surface area (Å²) in [5.74, 6) is 1.14. The SMILES string of the molecule is CCCOCCOCCN(Cc1ccc(-c2cc3nccc(Oc4ccc(CC(=O)Cc5cc(C)on5)cc4F)c3s2)cc1)C(=O)OC(C)(C)C.CCCOCCOCCNCc1ccc(-c2cc3nccc(Oc4ccc(CC(=O)Cc5cc(C)on5)cc4F)c3s2)cc1. The molecule has 10 aromatic rings. The number of amides is 1. The zero-order chi connectivity index (χ0) is 67.1. The van der Waals surface area contributed by atoms with Crippen LogP contribution in [0.25, 0.3) is 41.3 Å². The molecule has 0 radical (unpaired) electrons. The van der Waals surface area contributed by atoms with Crippen LogP contribution >= 0.6 is 22.7 Å². The summed E-state index contributed by atoms with van der Waals surface area (Å²) in [5.41, 5.74) is 7.26. The van der Waals surface area contributed by atoms with Crippen LogP contribution in [0.15, 0.2) is 143 Å². The van der Waals surface area contributed by atoms with E-state index < -0.39 is 23.3 Å². The second-order valence-electron chi connectivity index (χ2n) is 23.6. The van der Waals surface area contributed by atoms with Crippen LogP contribution in [0.5, 0.6) is 23.0 Å². The summed E-state index contributed by atoms with van der Waals surface area (Å²) in [6.45, 7) is 20.2. The molecule has 500 valence electrons. The minimum absolute atomic E-state index is 0.0508. The molecule has 0 saturated carbocycles. The van der Waals surface area contributed by atoms with Gasteiger partial charge in [0.05, 0.1) is 84.3 Å². The summed E-state index contributed by atoms with van der Waals surface area (Å²) in [5, 5.41) is 11.1. The first-order chi connectivity index (χ1) is 45.9. The first-order valence-corrected chi connectivity index (χ1v) is 33.3. The molecule has 0 unspecified atom stereocenters. The molecule has 0 spiro atoms. The first kappa shape index (κ1) is 70.7. The second-order valence-corrected chi connectivity index (χ2v) is 25.7. The molecule has 6 aromatic heterocycles. The van der Waals surface area contributed by atoms with Gasteiger partial charge in [0.25, 0.3) is 0 Å². The van der Waals surface area contributed by atoms with Gasteiger partial charge in [0.15, 0.2) is 23.1 Å². The van der Waals surface area contributed by atoms with Crippen LogP contribution in [0.2, 0.25) is 0 Å². The van der Waals surface area contributed by atoms with Crippen molar-refractivity contribution in [2.75, 3.05) is 65.9 Å². The third-order valence-corrected chi connectivity index (χ3v) is 16.7. The fourth-order valence-corrected chi connectivity index (χ4v) is 11.9. The molecule has 18 nitrogen and oxygen atoms in total. The number of aromatic nitrogens is 4. The van der Waals surface area contributed by atoms with Crippen molar-refractivity contribution < 1.29 is 65.4 Å². The molecule has 1 N–H and O–H groups in total. The molecule has 0 fully saturated rings. The van der Waals surface area contributed by atoms with Gasteiger partial charge in [-0.3, -0.25) is 19.6 Å². The molecule has 1 amide bonds. The van der Waals surface area contributed by atoms with Crippen LogP contribution in [0.4, 0.5) is 13.6 Å². The summed E-state index contributed by atoms with van der Waals surface area (Å²) < 4.78 is 81.7. The van der Waals surface area contributed by atoms with E-state index >= 15 is 8.78 Å². The number of aryl methyl sites for hydroxylation is 2. The van der Waals surface area contributed by atoms with Crippen LogP contribution in [0, 0.1) is 25.5 Å². The van der Waals surface area contributed by atoms with E-state index in [1.165, 1.54) is 35.1 Å². The average Bonchev–Trinajstić information content (AvgIpc) is 1.68. The number of nitrogens with one attached hydrogen (secondary N) is 1. The minimum Gasteiger partial charge on any atom is -0.453 e. The number of thiophene rings is 2. The van der Waals surface area contributed by atoms with Gasteiger partial charge in [0.1, 0.15) is 40.2 Å². The number of rotatable bonds is 34. The van der Waals surface area contributed by atoms with Crippen LogP contribution in [-0.2, 0) is 72.0 Å². The van der Waals surface area contributed by atoms with Gasteiger partial charge in [-0.1, -0.05) is 84.8 Å². The number of benzene rings is 4. The lowest BCUT2D eigenvalue weighted by Gasteiger charge is -2.27. The lowest BCUT2D eigenvalue weighted by Crippen LogP contribution is -2.38. The van der Waals surface area contributed by atoms with Crippen molar-refractivity contribution in [3.8, 4) is 43.9 Å². The number of hydrogen-bond donors (Lipinski definition) is 1. The molecule has 0 aliphatic heterocycles. The number of carbonyl (C=O) groups excluding carboxylic acids is 3. The maximum atomic E-state index is 15.2. The summed E-state index contributed by atoms with van der Waals surface area (Å²) in [6, 6.07) is 36.3. The Hall–Kier alpha value is -8.61. The standard InChI is InChI=1S/C39H44FN3O7S.C34H36FN3O5S/c1-6-16-46-18-19-47-17-15-43(38(45)49-39(3,4)5)25-27-7-10-29(11-8-27)36-24-33-37(51-36)35(13-14-41-33)48-34-12-9-28(22-32(34)40)21-31(44)23-30-20-26(2)50-42-30;1-3-13-40-15-16-41-14-12-36-22-24-4-7-26(8-5-24)33-21-30-34(44-33)32(10-11-37-30)42-31-9-6-25(19-29(31)35)18-28(39)20-27-17-23(2)43-38-27/h7-14,20,22,24H,6,15-19,21,23,25H2,1-5H3;4-11,17,19,21,36H,3,12-16,18,20,22H2,1-2H3. The Labute approximate surface area is 559 Å². The zero-order valence-electron chi connectivity index (χ0n) is 54.6. The predicted octanol–water partition coefficient (Wildman–Crippen LogP) is 15.8. The number of halogens is 2. The summed E-state index contributed by atoms with van der Waals surface area (Å²) in [6.07, 6.45) is 5.26. The molecule has 22 heteroatoms. The number of carbonyl (C=O) groups is 3. The summed E-state index contributed by atoms with van der Waals surface area (Å²) >= 11 is 3.03. The highest BCUT2D eigenvalue weighted by Crippen LogP contribution is 2.42. The number of Topliss-reactive ketones (excluding diaryl/α,β-unsaturated/α-hetero) is 2. The van der Waals surface area contributed by atoms with E-state index in [0.29, 0.717) is 105 Å². The van der Waals surface area contributed by atoms with Crippen molar-refractivity contribution in [3.05, 3.63) is 191 Å². The van der Waals surface area contributed by atoms with Crippen LogP contribution in [-0.4, -0.2) is 114 Å². The van der Waals surface area contributed by atoms with Gasteiger partial charge in [-0.15, -0.1) is 22.7 Å². The molecule has 0 aliphatic rings. The van der Waals surface area contributed by atoms with Crippen LogP contribution in [0.3, 0.4) is 0 Å². The quantitative estimate of drug-likeness (QED) is 0.0372. The highest BCUT2D eigenvalue weighted by atomic mass is 32.1. The Morgan fingerprint density at radius 3 is 1.42 bits per heavy atom. The number of fused-ring (bicyclic) bond motifs is 2. The van der Waals surface area contributed by atoms with Crippen molar-refractivity contribution in [3.63, 3.8) is 0 Å². The number of hydrogen-bond acceptors (Lipinski definition) is 19. The molecule has 0 bridgehead atoms. The van der Waals surface area contributed by atoms with Gasteiger partial charge < -0.3 is 52.4 Å². The highest BCUT2D eigenvalue weighted by molar-refractivity contribution is 7.23. The fraction of sp³-hybridized carbons (Fsp3) is 0.356. The van der Waals surface area contributed by atoms with Crippen molar-refractivity contribution in [2.24, 2.45) is 0 Å². The Bertz CT molecular complexity index is 4110. The van der Waals surface area contributed by atoms with Crippen molar-refractivity contribution >= 4 is 60.8 Å². The summed E-state index contributed by atoms with van der Waals surface area (Å²) in [7, 11) is 0. The molecule has 0 aliphatic carbocycles. The molecule has 0 atom stereocenters. The van der Waals surface area contributed by atoms with E-state index in [-0.39, 0.29) is 48.7 Å². The van der Waals surface area contributed by atoms with E-state index in [0.717, 1.165) is 79.4 Å². The second kappa shape index (κ2) is 35.2. The monoisotopic (exact) mass is 1330 g/mol. The maximum absolute atomic E-state index is 15.2. The van der Waals surface area contributed by atoms with E-state index in [1.807, 2.05) is 57.2 Å². The normalized spacial score (nSPS) is 11.5. The molecule has 0 saturated heterocycles. The van der Waals surface area contributed by atoms with Gasteiger partial charge in [0, 0.05) is 98.6 Å². The van der Waals surface area contributed by atoms with Crippen LogP contribution < -0.4 is 14.8 Å². The smallest absolute Gasteiger partial charge is 0.410 e. The van der Waals surface area contributed by atoms with Gasteiger partial charge in [-0.2, -0.15) is 0 Å². The van der Waals surface area contributed by atoms with Gasteiger partial charge in [-0.25, -0.2) is 13.6 Å². The zero-order valence-corrected chi connectivity index (χ0v) is 56.3. The maximum Gasteiger partial charge on any atom is 0.410 e. The van der Waals surface area contributed by atoms with E-state index in [4.69, 9.17) is 42.2 Å². The largest absolute Gasteiger partial charge is 0.453 e. The van der Waals surface area contributed by atoms with E-state index in [9.17, 15) is 14.4 Å². The van der Waals surface area contributed by atoms with Gasteiger partial charge in [0.2, 0.25) is 0 Å². The molecular weight excluding hydrogens is 1250 g/mol. The van der Waals surface area contributed by atoms with Crippen molar-refractivity contribution in [1.82, 2.24) is 30.5 Å². The molecular formula is C73H80F2N6O12S2. The number of nitrogens with zero attached hydrogens (tertiary/aromatic N) is 5. The van der Waals surface area contributed by atoms with Gasteiger partial charge >= 0.3 is 6.09 Å². The van der Waals surface area contributed by atoms with E-state index in [2.05, 4.69) is 63.7 Å². The Balaban J connectivity index is 0.000000226. The third-order valence-electron chi connectivity index (χ3n) is 14.3. The summed E-state index contributed by atoms with van der Waals surface area (Å²) in [4.78, 5) is 50.6.